The third-order valence-electron chi connectivity index (χ3n) is 8.04. The molecule has 0 aliphatic rings. The molecule has 1 rings (SSSR count). The molecule has 40 heavy (non-hydrogen) atoms. The van der Waals surface area contributed by atoms with E-state index >= 15 is 0 Å². The van der Waals surface area contributed by atoms with E-state index in [-0.39, 0.29) is 0 Å². The number of unbranched alkanes of at least 4 members (excludes halogenated alkanes) is 3. The van der Waals surface area contributed by atoms with Gasteiger partial charge in [0.1, 0.15) is 0 Å². The highest BCUT2D eigenvalue weighted by Gasteiger charge is 2.38. The standard InChI is InChI=1S/C28H56O9Si3/c1-25-27(18-12-15-21-39(32-5,33-6)34-7)23-26(17-11-14-20-38(29-2,30-3)31-4)24-28(25)19-13-16-22-40(35-8,36-9)37-10/h23-24H,11-22H2,1-10H3. The summed E-state index contributed by atoms with van der Waals surface area (Å²) in [6.45, 7) is 2.27. The number of aryl methyl sites for hydroxylation is 3. The van der Waals surface area contributed by atoms with Gasteiger partial charge in [0.2, 0.25) is 0 Å². The molecule has 0 aromatic heterocycles. The third-order valence-corrected chi connectivity index (χ3v) is 16.5. The molecule has 9 nitrogen and oxygen atoms in total. The largest absolute Gasteiger partial charge is 0.500 e. The van der Waals surface area contributed by atoms with E-state index in [2.05, 4.69) is 19.1 Å². The topological polar surface area (TPSA) is 83.1 Å². The number of hydrogen-bond donors (Lipinski definition) is 0. The second-order valence-electron chi connectivity index (χ2n) is 10.0. The van der Waals surface area contributed by atoms with Crippen LogP contribution in [-0.2, 0) is 59.1 Å². The van der Waals surface area contributed by atoms with Gasteiger partial charge < -0.3 is 39.8 Å². The molecule has 234 valence electrons. The predicted molar refractivity (Wildman–Crippen MR) is 165 cm³/mol. The van der Waals surface area contributed by atoms with E-state index in [9.17, 15) is 0 Å². The van der Waals surface area contributed by atoms with E-state index in [1.807, 2.05) is 0 Å². The van der Waals surface area contributed by atoms with Gasteiger partial charge in [-0.2, -0.15) is 0 Å². The molecule has 0 heterocycles. The van der Waals surface area contributed by atoms with Gasteiger partial charge in [-0.3, -0.25) is 0 Å². The van der Waals surface area contributed by atoms with Crippen molar-refractivity contribution in [2.75, 3.05) is 64.0 Å². The Morgan fingerprint density at radius 3 is 0.975 bits per heavy atom. The zero-order valence-corrected chi connectivity index (χ0v) is 29.8. The molecule has 0 spiro atoms. The highest BCUT2D eigenvalue weighted by atomic mass is 28.4. The summed E-state index contributed by atoms with van der Waals surface area (Å²) in [5.74, 6) is 0. The molecule has 0 bridgehead atoms. The van der Waals surface area contributed by atoms with Gasteiger partial charge in [0.25, 0.3) is 0 Å². The van der Waals surface area contributed by atoms with Crippen LogP contribution in [0, 0.1) is 6.92 Å². The second-order valence-corrected chi connectivity index (χ2v) is 19.3. The van der Waals surface area contributed by atoms with E-state index in [1.165, 1.54) is 22.3 Å². The highest BCUT2D eigenvalue weighted by molar-refractivity contribution is 6.61. The Kier molecular flexibility index (Phi) is 18.4. The summed E-state index contributed by atoms with van der Waals surface area (Å²) in [6, 6.07) is 7.25. The van der Waals surface area contributed by atoms with Crippen LogP contribution < -0.4 is 0 Å². The molecular weight excluding hydrogens is 565 g/mol. The molecular formula is C28H56O9Si3. The average Bonchev–Trinajstić information content (AvgIpc) is 3.00. The fraction of sp³-hybridized carbons (Fsp3) is 0.786. The molecule has 0 radical (unpaired) electrons. The lowest BCUT2D eigenvalue weighted by atomic mass is 9.91. The molecule has 1 aromatic rings. The van der Waals surface area contributed by atoms with Gasteiger partial charge in [0, 0.05) is 82.1 Å². The van der Waals surface area contributed by atoms with Crippen molar-refractivity contribution in [3.05, 3.63) is 34.4 Å². The lowest BCUT2D eigenvalue weighted by Crippen LogP contribution is -2.42. The SMILES string of the molecule is CO[Si](CCCCc1cc(CCCC[Si](OC)(OC)OC)c(C)c(CCCC[Si](OC)(OC)OC)c1)(OC)OC. The maximum absolute atomic E-state index is 5.60. The molecule has 0 fully saturated rings. The Labute approximate surface area is 247 Å². The molecule has 0 atom stereocenters. The molecule has 0 aliphatic heterocycles. The summed E-state index contributed by atoms with van der Waals surface area (Å²) in [5.41, 5.74) is 5.64. The Morgan fingerprint density at radius 1 is 0.425 bits per heavy atom. The predicted octanol–water partition coefficient (Wildman–Crippen LogP) is 5.60. The van der Waals surface area contributed by atoms with Crippen molar-refractivity contribution in [3.8, 4) is 0 Å². The van der Waals surface area contributed by atoms with Crippen molar-refractivity contribution < 1.29 is 39.8 Å². The smallest absolute Gasteiger partial charge is 0.377 e. The van der Waals surface area contributed by atoms with Gasteiger partial charge in [-0.05, 0) is 87.0 Å². The molecule has 0 aliphatic carbocycles. The summed E-state index contributed by atoms with van der Waals surface area (Å²) in [5, 5.41) is 0. The van der Waals surface area contributed by atoms with Crippen molar-refractivity contribution in [2.45, 2.75) is 82.8 Å². The monoisotopic (exact) mass is 620 g/mol. The van der Waals surface area contributed by atoms with Gasteiger partial charge in [0.05, 0.1) is 0 Å². The fourth-order valence-corrected chi connectivity index (χ4v) is 10.6. The summed E-state index contributed by atoms with van der Waals surface area (Å²) in [6.07, 6.45) is 9.22. The zero-order valence-electron chi connectivity index (χ0n) is 26.8. The molecule has 0 unspecified atom stereocenters. The van der Waals surface area contributed by atoms with Crippen LogP contribution in [-0.4, -0.2) is 90.4 Å². The second kappa shape index (κ2) is 19.7. The Balaban J connectivity index is 2.94. The van der Waals surface area contributed by atoms with Gasteiger partial charge in [-0.1, -0.05) is 12.1 Å². The Hall–Kier alpha value is -0.489. The molecule has 0 saturated heterocycles. The van der Waals surface area contributed by atoms with Crippen molar-refractivity contribution in [2.24, 2.45) is 0 Å². The normalized spacial score (nSPS) is 12.8. The molecule has 0 saturated carbocycles. The Morgan fingerprint density at radius 2 is 0.700 bits per heavy atom. The average molecular weight is 621 g/mol. The van der Waals surface area contributed by atoms with E-state index in [0.717, 1.165) is 75.9 Å². The molecule has 12 heteroatoms. The van der Waals surface area contributed by atoms with Gasteiger partial charge >= 0.3 is 26.4 Å². The van der Waals surface area contributed by atoms with Crippen molar-refractivity contribution in [1.29, 1.82) is 0 Å². The van der Waals surface area contributed by atoms with Crippen LogP contribution in [0.2, 0.25) is 18.1 Å². The zero-order chi connectivity index (χ0) is 30.1. The van der Waals surface area contributed by atoms with E-state index < -0.39 is 26.4 Å². The maximum Gasteiger partial charge on any atom is 0.500 e. The highest BCUT2D eigenvalue weighted by Crippen LogP contribution is 2.26. The lowest BCUT2D eigenvalue weighted by Gasteiger charge is -2.24. The van der Waals surface area contributed by atoms with Crippen molar-refractivity contribution in [3.63, 3.8) is 0 Å². The minimum atomic E-state index is -2.54. The third kappa shape index (κ3) is 11.3. The van der Waals surface area contributed by atoms with Gasteiger partial charge in [0.15, 0.2) is 0 Å². The maximum atomic E-state index is 5.60. The Bertz CT molecular complexity index is 742. The first-order valence-electron chi connectivity index (χ1n) is 14.3. The lowest BCUT2D eigenvalue weighted by molar-refractivity contribution is 0.122. The minimum Gasteiger partial charge on any atom is -0.377 e. The number of rotatable bonds is 24. The van der Waals surface area contributed by atoms with Gasteiger partial charge in [-0.25, -0.2) is 0 Å². The van der Waals surface area contributed by atoms with Crippen LogP contribution in [0.5, 0.6) is 0 Å². The number of hydrogen-bond acceptors (Lipinski definition) is 9. The van der Waals surface area contributed by atoms with E-state index in [0.29, 0.717) is 0 Å². The van der Waals surface area contributed by atoms with Crippen LogP contribution in [0.1, 0.15) is 60.8 Å². The van der Waals surface area contributed by atoms with Crippen LogP contribution in [0.15, 0.2) is 12.1 Å². The van der Waals surface area contributed by atoms with E-state index in [1.54, 1.807) is 64.0 Å². The van der Waals surface area contributed by atoms with Crippen LogP contribution in [0.25, 0.3) is 0 Å². The first-order chi connectivity index (χ1) is 19.2. The number of benzene rings is 1. The first kappa shape index (κ1) is 37.5. The summed E-state index contributed by atoms with van der Waals surface area (Å²) in [4.78, 5) is 0. The van der Waals surface area contributed by atoms with Crippen molar-refractivity contribution >= 4 is 26.4 Å². The van der Waals surface area contributed by atoms with E-state index in [4.69, 9.17) is 39.8 Å². The van der Waals surface area contributed by atoms with Crippen LogP contribution in [0.4, 0.5) is 0 Å². The quantitative estimate of drug-likeness (QED) is 0.108. The molecule has 1 aromatic carbocycles. The first-order valence-corrected chi connectivity index (χ1v) is 20.1. The fourth-order valence-electron chi connectivity index (χ4n) is 5.23. The van der Waals surface area contributed by atoms with Crippen LogP contribution in [0.3, 0.4) is 0 Å². The summed E-state index contributed by atoms with van der Waals surface area (Å²) >= 11 is 0. The molecule has 0 N–H and O–H groups in total. The molecule has 0 amide bonds. The minimum absolute atomic E-state index is 0.816. The summed E-state index contributed by atoms with van der Waals surface area (Å²) < 4.78 is 50.4. The van der Waals surface area contributed by atoms with Gasteiger partial charge in [-0.15, -0.1) is 0 Å². The van der Waals surface area contributed by atoms with Crippen LogP contribution >= 0.6 is 0 Å². The van der Waals surface area contributed by atoms with Crippen molar-refractivity contribution in [1.82, 2.24) is 0 Å². The summed E-state index contributed by atoms with van der Waals surface area (Å²) in [7, 11) is 7.47.